The van der Waals surface area contributed by atoms with Crippen molar-refractivity contribution < 1.29 is 19.0 Å². The van der Waals surface area contributed by atoms with Gasteiger partial charge in [-0.2, -0.15) is 0 Å². The summed E-state index contributed by atoms with van der Waals surface area (Å²) < 4.78 is 19.0. The summed E-state index contributed by atoms with van der Waals surface area (Å²) in [6, 6.07) is 14.1. The van der Waals surface area contributed by atoms with Crippen molar-refractivity contribution >= 4 is 11.8 Å². The highest BCUT2D eigenvalue weighted by Gasteiger charge is 2.23. The molecule has 0 saturated carbocycles. The van der Waals surface area contributed by atoms with Gasteiger partial charge in [-0.05, 0) is 35.7 Å². The van der Waals surface area contributed by atoms with Gasteiger partial charge in [-0.3, -0.25) is 0 Å². The number of hydrogen-bond acceptors (Lipinski definition) is 3. The van der Waals surface area contributed by atoms with E-state index in [0.717, 1.165) is 29.8 Å². The first-order valence-corrected chi connectivity index (χ1v) is 8.26. The van der Waals surface area contributed by atoms with Crippen LogP contribution < -0.4 is 10.2 Å². The first-order chi connectivity index (χ1) is 12.1. The Morgan fingerprint density at radius 1 is 1.28 bits per heavy atom. The molecule has 0 fully saturated rings. The quantitative estimate of drug-likeness (QED) is 0.810. The van der Waals surface area contributed by atoms with E-state index >= 15 is 0 Å². The number of nitrogens with zero attached hydrogens (tertiary/aromatic N) is 1. The van der Waals surface area contributed by atoms with Gasteiger partial charge < -0.3 is 20.1 Å². The smallest absolute Gasteiger partial charge is 0.405 e. The molecule has 132 valence electrons. The summed E-state index contributed by atoms with van der Waals surface area (Å²) in [5, 5.41) is 11.6. The van der Waals surface area contributed by atoms with E-state index in [4.69, 9.17) is 9.84 Å². The van der Waals surface area contributed by atoms with E-state index in [0.29, 0.717) is 13.2 Å². The third-order valence-electron chi connectivity index (χ3n) is 4.23. The molecule has 6 heteroatoms. The Labute approximate surface area is 146 Å². The highest BCUT2D eigenvalue weighted by molar-refractivity contribution is 5.65. The molecule has 0 aliphatic carbocycles. The van der Waals surface area contributed by atoms with Gasteiger partial charge in [-0.1, -0.05) is 30.3 Å². The Morgan fingerprint density at radius 2 is 2.08 bits per heavy atom. The van der Waals surface area contributed by atoms with Crippen molar-refractivity contribution in [3.8, 4) is 0 Å². The maximum Gasteiger partial charge on any atom is 0.405 e. The standard InChI is InChI=1S/C19H21FN2O3/c20-16-6-7-18-15(10-16)8-9-22(18)11-17(21-19(23)24)13-25-12-14-4-2-1-3-5-14/h1-7,10,17,21H,8-9,11-13H2,(H,23,24)/t17-/m1/s1. The van der Waals surface area contributed by atoms with E-state index in [2.05, 4.69) is 10.2 Å². The third kappa shape index (κ3) is 4.70. The molecular weight excluding hydrogens is 323 g/mol. The van der Waals surface area contributed by atoms with Gasteiger partial charge in [0.25, 0.3) is 0 Å². The first kappa shape index (κ1) is 17.2. The number of amides is 1. The molecule has 2 aromatic carbocycles. The molecule has 0 aromatic heterocycles. The molecule has 2 N–H and O–H groups in total. The molecule has 0 radical (unpaired) electrons. The van der Waals surface area contributed by atoms with Crippen molar-refractivity contribution in [1.82, 2.24) is 5.32 Å². The lowest BCUT2D eigenvalue weighted by molar-refractivity contribution is 0.0978. The van der Waals surface area contributed by atoms with Crippen LogP contribution in [0.1, 0.15) is 11.1 Å². The molecule has 0 saturated heterocycles. The fourth-order valence-electron chi connectivity index (χ4n) is 3.10. The van der Waals surface area contributed by atoms with E-state index in [1.807, 2.05) is 30.3 Å². The second kappa shape index (κ2) is 7.98. The Kier molecular flexibility index (Phi) is 5.50. The summed E-state index contributed by atoms with van der Waals surface area (Å²) in [6.45, 7) is 1.93. The number of nitrogens with one attached hydrogen (secondary N) is 1. The maximum atomic E-state index is 13.3. The monoisotopic (exact) mass is 344 g/mol. The SMILES string of the molecule is O=C(O)N[C@@H](COCc1ccccc1)CN1CCc2cc(F)ccc21. The van der Waals surface area contributed by atoms with Crippen molar-refractivity contribution in [2.45, 2.75) is 19.1 Å². The van der Waals surface area contributed by atoms with Crippen molar-refractivity contribution in [3.05, 3.63) is 65.5 Å². The largest absolute Gasteiger partial charge is 0.465 e. The van der Waals surface area contributed by atoms with Crippen molar-refractivity contribution in [3.63, 3.8) is 0 Å². The highest BCUT2D eigenvalue weighted by atomic mass is 19.1. The van der Waals surface area contributed by atoms with Gasteiger partial charge in [0, 0.05) is 18.8 Å². The lowest BCUT2D eigenvalue weighted by Gasteiger charge is -2.26. The van der Waals surface area contributed by atoms with Crippen LogP contribution in [0, 0.1) is 5.82 Å². The van der Waals surface area contributed by atoms with Crippen molar-refractivity contribution in [1.29, 1.82) is 0 Å². The second-order valence-corrected chi connectivity index (χ2v) is 6.12. The Morgan fingerprint density at radius 3 is 2.84 bits per heavy atom. The molecule has 25 heavy (non-hydrogen) atoms. The fraction of sp³-hybridized carbons (Fsp3) is 0.316. The molecule has 1 heterocycles. The number of fused-ring (bicyclic) bond motifs is 1. The summed E-state index contributed by atoms with van der Waals surface area (Å²) in [4.78, 5) is 13.1. The van der Waals surface area contributed by atoms with Gasteiger partial charge in [0.1, 0.15) is 5.82 Å². The van der Waals surface area contributed by atoms with E-state index in [1.54, 1.807) is 12.1 Å². The van der Waals surface area contributed by atoms with Crippen LogP contribution in [0.25, 0.3) is 0 Å². The average Bonchev–Trinajstić information content (AvgIpc) is 2.97. The van der Waals surface area contributed by atoms with Crippen LogP contribution in [0.4, 0.5) is 14.9 Å². The molecule has 0 spiro atoms. The third-order valence-corrected chi connectivity index (χ3v) is 4.23. The molecule has 0 bridgehead atoms. The lowest BCUT2D eigenvalue weighted by Crippen LogP contribution is -2.45. The minimum atomic E-state index is -1.08. The van der Waals surface area contributed by atoms with E-state index in [9.17, 15) is 9.18 Å². The molecule has 2 aromatic rings. The fourth-order valence-corrected chi connectivity index (χ4v) is 3.10. The molecule has 1 aliphatic rings. The zero-order valence-corrected chi connectivity index (χ0v) is 13.8. The number of rotatable bonds is 7. The van der Waals surface area contributed by atoms with Crippen molar-refractivity contribution in [2.24, 2.45) is 0 Å². The normalized spacial score (nSPS) is 14.2. The van der Waals surface area contributed by atoms with Gasteiger partial charge in [0.05, 0.1) is 19.3 Å². The zero-order valence-electron chi connectivity index (χ0n) is 13.8. The van der Waals surface area contributed by atoms with Crippen LogP contribution >= 0.6 is 0 Å². The van der Waals surface area contributed by atoms with Gasteiger partial charge in [0.2, 0.25) is 0 Å². The number of halogens is 1. The topological polar surface area (TPSA) is 61.8 Å². The van der Waals surface area contributed by atoms with Crippen LogP contribution in [0.2, 0.25) is 0 Å². The summed E-state index contributed by atoms with van der Waals surface area (Å²) in [6.07, 6.45) is -0.315. The van der Waals surface area contributed by atoms with E-state index in [1.165, 1.54) is 6.07 Å². The number of benzene rings is 2. The molecule has 1 amide bonds. The number of carbonyl (C=O) groups is 1. The molecule has 3 rings (SSSR count). The number of anilines is 1. The summed E-state index contributed by atoms with van der Waals surface area (Å²) in [5.41, 5.74) is 2.96. The second-order valence-electron chi connectivity index (χ2n) is 6.12. The first-order valence-electron chi connectivity index (χ1n) is 8.26. The predicted octanol–water partition coefficient (Wildman–Crippen LogP) is 3.04. The Hall–Kier alpha value is -2.60. The molecular formula is C19H21FN2O3. The minimum Gasteiger partial charge on any atom is -0.465 e. The van der Waals surface area contributed by atoms with Gasteiger partial charge in [-0.25, -0.2) is 9.18 Å². The zero-order chi connectivity index (χ0) is 17.6. The van der Waals surface area contributed by atoms with Crippen LogP contribution in [0.15, 0.2) is 48.5 Å². The summed E-state index contributed by atoms with van der Waals surface area (Å²) in [5.74, 6) is -0.244. The molecule has 1 aliphatic heterocycles. The van der Waals surface area contributed by atoms with Crippen molar-refractivity contribution in [2.75, 3.05) is 24.6 Å². The van der Waals surface area contributed by atoms with Gasteiger partial charge in [-0.15, -0.1) is 0 Å². The lowest BCUT2D eigenvalue weighted by atomic mass is 10.1. The number of ether oxygens (including phenoxy) is 1. The van der Waals surface area contributed by atoms with E-state index in [-0.39, 0.29) is 18.5 Å². The molecule has 5 nitrogen and oxygen atoms in total. The summed E-state index contributed by atoms with van der Waals surface area (Å²) >= 11 is 0. The minimum absolute atomic E-state index is 0.244. The van der Waals surface area contributed by atoms with Gasteiger partial charge >= 0.3 is 6.09 Å². The molecule has 0 unspecified atom stereocenters. The van der Waals surface area contributed by atoms with Crippen LogP contribution in [-0.2, 0) is 17.8 Å². The Bertz CT molecular complexity index is 724. The Balaban J connectivity index is 1.59. The molecule has 1 atom stereocenters. The van der Waals surface area contributed by atoms with E-state index < -0.39 is 6.09 Å². The van der Waals surface area contributed by atoms with Crippen LogP contribution in [0.3, 0.4) is 0 Å². The highest BCUT2D eigenvalue weighted by Crippen LogP contribution is 2.28. The predicted molar refractivity (Wildman–Crippen MR) is 93.4 cm³/mol. The van der Waals surface area contributed by atoms with Crippen LogP contribution in [-0.4, -0.2) is 36.9 Å². The van der Waals surface area contributed by atoms with Crippen LogP contribution in [0.5, 0.6) is 0 Å². The average molecular weight is 344 g/mol. The number of hydrogen-bond donors (Lipinski definition) is 2. The summed E-state index contributed by atoms with van der Waals surface area (Å²) in [7, 11) is 0. The van der Waals surface area contributed by atoms with Gasteiger partial charge in [0.15, 0.2) is 0 Å². The maximum absolute atomic E-state index is 13.3. The number of carboxylic acid groups (broad SMARTS) is 1.